The first-order valence-corrected chi connectivity index (χ1v) is 8.16. The van der Waals surface area contributed by atoms with E-state index in [1.54, 1.807) is 11.8 Å². The smallest absolute Gasteiger partial charge is 0.148 e. The van der Waals surface area contributed by atoms with Crippen LogP contribution < -0.4 is 5.32 Å². The Labute approximate surface area is 92.0 Å². The van der Waals surface area contributed by atoms with E-state index in [-0.39, 0.29) is 5.75 Å². The van der Waals surface area contributed by atoms with E-state index < -0.39 is 9.84 Å². The highest BCUT2D eigenvalue weighted by Crippen LogP contribution is 2.03. The van der Waals surface area contributed by atoms with Crippen LogP contribution in [-0.4, -0.2) is 44.5 Å². The van der Waals surface area contributed by atoms with E-state index in [2.05, 4.69) is 19.2 Å². The second kappa shape index (κ2) is 7.54. The second-order valence-corrected chi connectivity index (χ2v) is 6.97. The Balaban J connectivity index is 3.36. The molecule has 0 aromatic rings. The van der Waals surface area contributed by atoms with Crippen LogP contribution in [0.4, 0.5) is 0 Å². The molecule has 0 saturated carbocycles. The summed E-state index contributed by atoms with van der Waals surface area (Å²) in [5.41, 5.74) is 0. The molecule has 0 saturated heterocycles. The van der Waals surface area contributed by atoms with Crippen molar-refractivity contribution in [3.63, 3.8) is 0 Å². The van der Waals surface area contributed by atoms with Gasteiger partial charge < -0.3 is 5.32 Å². The maximum atomic E-state index is 10.8. The maximum absolute atomic E-state index is 10.8. The molecule has 3 nitrogen and oxygen atoms in total. The van der Waals surface area contributed by atoms with E-state index in [1.165, 1.54) is 6.26 Å². The van der Waals surface area contributed by atoms with E-state index in [9.17, 15) is 8.42 Å². The van der Waals surface area contributed by atoms with Gasteiger partial charge in [-0.25, -0.2) is 8.42 Å². The minimum Gasteiger partial charge on any atom is -0.313 e. The molecule has 0 heterocycles. The first kappa shape index (κ1) is 14.3. The van der Waals surface area contributed by atoms with Crippen LogP contribution in [0.2, 0.25) is 0 Å². The molecule has 0 aliphatic carbocycles. The van der Waals surface area contributed by atoms with E-state index in [4.69, 9.17) is 0 Å². The van der Waals surface area contributed by atoms with Crippen molar-refractivity contribution in [2.24, 2.45) is 0 Å². The number of sulfone groups is 1. The van der Waals surface area contributed by atoms with Crippen molar-refractivity contribution in [3.8, 4) is 0 Å². The fourth-order valence-electron chi connectivity index (χ4n) is 0.920. The first-order valence-electron chi connectivity index (χ1n) is 4.94. The number of thioether (sulfide) groups is 1. The number of hydrogen-bond acceptors (Lipinski definition) is 4. The van der Waals surface area contributed by atoms with Crippen molar-refractivity contribution in [1.29, 1.82) is 0 Å². The SMILES string of the molecule is CCCNC(C)CSCCS(C)(=O)=O. The number of hydrogen-bond donors (Lipinski definition) is 1. The van der Waals surface area contributed by atoms with Crippen molar-refractivity contribution in [1.82, 2.24) is 5.32 Å². The van der Waals surface area contributed by atoms with Crippen LogP contribution in [-0.2, 0) is 9.84 Å². The van der Waals surface area contributed by atoms with Crippen molar-refractivity contribution in [2.45, 2.75) is 26.3 Å². The molecule has 0 bridgehead atoms. The molecule has 0 amide bonds. The van der Waals surface area contributed by atoms with Crippen molar-refractivity contribution >= 4 is 21.6 Å². The van der Waals surface area contributed by atoms with Gasteiger partial charge in [-0.15, -0.1) is 0 Å². The zero-order chi connectivity index (χ0) is 11.0. The summed E-state index contributed by atoms with van der Waals surface area (Å²) in [5, 5.41) is 3.36. The molecule has 1 N–H and O–H groups in total. The van der Waals surface area contributed by atoms with E-state index in [0.29, 0.717) is 11.8 Å². The third-order valence-corrected chi connectivity index (χ3v) is 4.14. The van der Waals surface area contributed by atoms with Gasteiger partial charge in [0.15, 0.2) is 0 Å². The quantitative estimate of drug-likeness (QED) is 0.646. The highest BCUT2D eigenvalue weighted by atomic mass is 32.2. The average Bonchev–Trinajstić information content (AvgIpc) is 2.07. The summed E-state index contributed by atoms with van der Waals surface area (Å²) in [7, 11) is -2.78. The molecule has 0 rings (SSSR count). The Hall–Kier alpha value is 0.260. The molecule has 86 valence electrons. The van der Waals surface area contributed by atoms with Crippen LogP contribution in [0, 0.1) is 0 Å². The van der Waals surface area contributed by atoms with Gasteiger partial charge in [0, 0.05) is 23.8 Å². The van der Waals surface area contributed by atoms with Gasteiger partial charge in [0.05, 0.1) is 5.75 Å². The van der Waals surface area contributed by atoms with Crippen molar-refractivity contribution in [2.75, 3.05) is 30.1 Å². The largest absolute Gasteiger partial charge is 0.313 e. The molecule has 0 aromatic heterocycles. The molecule has 14 heavy (non-hydrogen) atoms. The normalized spacial score (nSPS) is 14.2. The zero-order valence-corrected chi connectivity index (χ0v) is 10.9. The summed E-state index contributed by atoms with van der Waals surface area (Å²) in [6.07, 6.45) is 2.42. The van der Waals surface area contributed by atoms with E-state index in [1.807, 2.05) is 0 Å². The van der Waals surface area contributed by atoms with E-state index in [0.717, 1.165) is 18.7 Å². The summed E-state index contributed by atoms with van der Waals surface area (Å²) >= 11 is 1.70. The van der Waals surface area contributed by atoms with Gasteiger partial charge in [0.1, 0.15) is 9.84 Å². The van der Waals surface area contributed by atoms with Gasteiger partial charge in [-0.3, -0.25) is 0 Å². The lowest BCUT2D eigenvalue weighted by Crippen LogP contribution is -2.29. The molecular weight excluding hydrogens is 218 g/mol. The van der Waals surface area contributed by atoms with Gasteiger partial charge in [0.25, 0.3) is 0 Å². The molecule has 1 atom stereocenters. The molecule has 1 unspecified atom stereocenters. The van der Waals surface area contributed by atoms with Crippen LogP contribution in [0.15, 0.2) is 0 Å². The summed E-state index contributed by atoms with van der Waals surface area (Å²) < 4.78 is 21.6. The Morgan fingerprint density at radius 1 is 1.43 bits per heavy atom. The highest BCUT2D eigenvalue weighted by Gasteiger charge is 2.03. The molecule has 0 aliphatic heterocycles. The lowest BCUT2D eigenvalue weighted by molar-refractivity contribution is 0.590. The molecule has 0 aliphatic rings. The fourth-order valence-corrected chi connectivity index (χ4v) is 3.24. The van der Waals surface area contributed by atoms with Crippen molar-refractivity contribution < 1.29 is 8.42 Å². The van der Waals surface area contributed by atoms with Crippen LogP contribution in [0.3, 0.4) is 0 Å². The summed E-state index contributed by atoms with van der Waals surface area (Å²) in [5.74, 6) is 1.98. The monoisotopic (exact) mass is 239 g/mol. The Morgan fingerprint density at radius 2 is 2.07 bits per heavy atom. The Bertz CT molecular complexity index is 227. The van der Waals surface area contributed by atoms with E-state index >= 15 is 0 Å². The van der Waals surface area contributed by atoms with Gasteiger partial charge in [-0.2, -0.15) is 11.8 Å². The van der Waals surface area contributed by atoms with Gasteiger partial charge in [-0.1, -0.05) is 6.92 Å². The molecule has 0 fully saturated rings. The lowest BCUT2D eigenvalue weighted by atomic mass is 10.3. The third kappa shape index (κ3) is 10.3. The second-order valence-electron chi connectivity index (χ2n) is 3.56. The van der Waals surface area contributed by atoms with Crippen LogP contribution in [0.1, 0.15) is 20.3 Å². The van der Waals surface area contributed by atoms with Crippen LogP contribution in [0.25, 0.3) is 0 Å². The van der Waals surface area contributed by atoms with Gasteiger partial charge in [-0.05, 0) is 19.9 Å². The lowest BCUT2D eigenvalue weighted by Gasteiger charge is -2.11. The van der Waals surface area contributed by atoms with Crippen molar-refractivity contribution in [3.05, 3.63) is 0 Å². The van der Waals surface area contributed by atoms with Crippen LogP contribution >= 0.6 is 11.8 Å². The minimum atomic E-state index is -2.78. The zero-order valence-electron chi connectivity index (χ0n) is 9.25. The third-order valence-electron chi connectivity index (χ3n) is 1.71. The Kier molecular flexibility index (Phi) is 7.68. The predicted molar refractivity (Wildman–Crippen MR) is 64.8 cm³/mol. The summed E-state index contributed by atoms with van der Waals surface area (Å²) in [6.45, 7) is 5.30. The molecule has 0 spiro atoms. The van der Waals surface area contributed by atoms with Gasteiger partial charge >= 0.3 is 0 Å². The van der Waals surface area contributed by atoms with Gasteiger partial charge in [0.2, 0.25) is 0 Å². The predicted octanol–water partition coefficient (Wildman–Crippen LogP) is 1.15. The Morgan fingerprint density at radius 3 is 2.57 bits per heavy atom. The molecule has 5 heteroatoms. The minimum absolute atomic E-state index is 0.290. The molecule has 0 radical (unpaired) electrons. The van der Waals surface area contributed by atoms with Crippen LogP contribution in [0.5, 0.6) is 0 Å². The first-order chi connectivity index (χ1) is 6.45. The number of rotatable bonds is 8. The maximum Gasteiger partial charge on any atom is 0.148 e. The fraction of sp³-hybridized carbons (Fsp3) is 1.00. The molecular formula is C9H21NO2S2. The number of nitrogens with one attached hydrogen (secondary N) is 1. The summed E-state index contributed by atoms with van der Waals surface area (Å²) in [4.78, 5) is 0. The highest BCUT2D eigenvalue weighted by molar-refractivity contribution is 8.00. The molecule has 0 aromatic carbocycles. The topological polar surface area (TPSA) is 46.2 Å². The average molecular weight is 239 g/mol. The summed E-state index contributed by atoms with van der Waals surface area (Å²) in [6, 6.07) is 0.472. The standard InChI is InChI=1S/C9H21NO2S2/c1-4-5-10-9(2)8-13-6-7-14(3,11)12/h9-10H,4-8H2,1-3H3.